The fourth-order valence-electron chi connectivity index (χ4n) is 2.55. The second kappa shape index (κ2) is 11.7. The van der Waals surface area contributed by atoms with E-state index in [-0.39, 0.29) is 74.5 Å². The first kappa shape index (κ1) is 26.5. The quantitative estimate of drug-likeness (QED) is 0.119. The molecule has 0 saturated carbocycles. The summed E-state index contributed by atoms with van der Waals surface area (Å²) in [6, 6.07) is 5.91. The van der Waals surface area contributed by atoms with Gasteiger partial charge in [-0.25, -0.2) is 4.79 Å². The van der Waals surface area contributed by atoms with Crippen molar-refractivity contribution >= 4 is 24.0 Å². The van der Waals surface area contributed by atoms with Gasteiger partial charge in [0.15, 0.2) is 23.0 Å². The summed E-state index contributed by atoms with van der Waals surface area (Å²) >= 11 is 0. The van der Waals surface area contributed by atoms with Crippen LogP contribution in [0.2, 0.25) is 0 Å². The van der Waals surface area contributed by atoms with Crippen LogP contribution in [-0.2, 0) is 32.0 Å². The third-order valence-corrected chi connectivity index (χ3v) is 4.01. The van der Waals surface area contributed by atoms with Gasteiger partial charge in [-0.1, -0.05) is 12.1 Å². The van der Waals surface area contributed by atoms with E-state index in [9.17, 15) is 39.9 Å². The zero-order valence-electron chi connectivity index (χ0n) is 16.3. The molecule has 11 heteroatoms. The van der Waals surface area contributed by atoms with Gasteiger partial charge in [0.1, 0.15) is 6.10 Å². The average Bonchev–Trinajstić information content (AvgIpc) is 2.66. The summed E-state index contributed by atoms with van der Waals surface area (Å²) in [5.74, 6) is -6.17. The molecule has 0 spiro atoms. The van der Waals surface area contributed by atoms with Crippen LogP contribution in [0.1, 0.15) is 16.7 Å². The van der Waals surface area contributed by atoms with Crippen molar-refractivity contribution < 1.29 is 101 Å². The summed E-state index contributed by atoms with van der Waals surface area (Å²) < 4.78 is 4.82. The summed E-state index contributed by atoms with van der Waals surface area (Å²) in [7, 11) is 0. The first-order chi connectivity index (χ1) is 14.1. The molecule has 1 atom stereocenters. The van der Waals surface area contributed by atoms with Gasteiger partial charge in [0, 0.05) is 18.1 Å². The van der Waals surface area contributed by atoms with Gasteiger partial charge in [0.05, 0.1) is 12.4 Å². The van der Waals surface area contributed by atoms with Crippen LogP contribution >= 0.6 is 0 Å². The number of carbonyl (C=O) groups excluding carboxylic acids is 2. The normalized spacial score (nSPS) is 11.5. The summed E-state index contributed by atoms with van der Waals surface area (Å²) in [6.45, 7) is 0. The van der Waals surface area contributed by atoms with Crippen molar-refractivity contribution in [2.75, 3.05) is 0 Å². The minimum absolute atomic E-state index is 0. The van der Waals surface area contributed by atoms with E-state index in [1.807, 2.05) is 0 Å². The number of aromatic hydroxyl groups is 4. The van der Waals surface area contributed by atoms with E-state index < -0.39 is 53.4 Å². The molecule has 5 N–H and O–H groups in total. The van der Waals surface area contributed by atoms with Crippen LogP contribution in [-0.4, -0.2) is 49.5 Å². The average molecular weight is 456 g/mol. The molecule has 0 radical (unpaired) electrons. The van der Waals surface area contributed by atoms with Crippen molar-refractivity contribution in [3.63, 3.8) is 0 Å². The molecule has 0 fully saturated rings. The van der Waals surface area contributed by atoms with Crippen molar-refractivity contribution in [3.8, 4) is 23.0 Å². The predicted molar refractivity (Wildman–Crippen MR) is 98.5 cm³/mol. The molecule has 2 rings (SSSR count). The fourth-order valence-corrected chi connectivity index (χ4v) is 2.55. The number of phenolic OH excluding ortho intramolecular Hbond substituents is 4. The maximum Gasteiger partial charge on any atom is 1.00 e. The molecular formula is C20H17KO10. The standard InChI is InChI=1S/C20H18O10.K/c21-13-4-1-10(7-15(13)23)8-16(20(28)29)30-18(26)6-3-11-2-5-14(22)19(27)12(11)9-17(24)25;/h1-7,16,21-23,27H,8-9H2,(H,24,25)(H,28,29);/q;+1/p-1/b6-3+;. The largest absolute Gasteiger partial charge is 1.00 e. The van der Waals surface area contributed by atoms with E-state index in [2.05, 4.69) is 0 Å². The molecule has 0 aliphatic rings. The van der Waals surface area contributed by atoms with E-state index >= 15 is 0 Å². The van der Waals surface area contributed by atoms with Gasteiger partial charge in [-0.3, -0.25) is 4.79 Å². The molecule has 0 amide bonds. The molecule has 0 aliphatic heterocycles. The Morgan fingerprint density at radius 3 is 2.23 bits per heavy atom. The minimum atomic E-state index is -1.71. The SMILES string of the molecule is O=C(O)Cc1c(/C=C/C(=O)OC(Cc2ccc(O)c(O)c2)C(=O)[O-])ccc(O)c1O.[K+]. The Balaban J connectivity index is 0.00000480. The summed E-state index contributed by atoms with van der Waals surface area (Å²) in [6.07, 6.45) is -0.779. The third kappa shape index (κ3) is 7.56. The summed E-state index contributed by atoms with van der Waals surface area (Å²) in [5.41, 5.74) is 0.198. The first-order valence-corrected chi connectivity index (χ1v) is 8.44. The van der Waals surface area contributed by atoms with Gasteiger partial charge in [0.25, 0.3) is 0 Å². The number of hydrogen-bond donors (Lipinski definition) is 5. The van der Waals surface area contributed by atoms with Crippen molar-refractivity contribution in [1.82, 2.24) is 0 Å². The van der Waals surface area contributed by atoms with Gasteiger partial charge in [-0.05, 0) is 35.4 Å². The van der Waals surface area contributed by atoms with E-state index in [1.54, 1.807) is 0 Å². The molecule has 158 valence electrons. The molecule has 1 unspecified atom stereocenters. The molecule has 2 aromatic rings. The van der Waals surface area contributed by atoms with Crippen LogP contribution in [0, 0.1) is 0 Å². The van der Waals surface area contributed by atoms with E-state index in [4.69, 9.17) is 9.84 Å². The Morgan fingerprint density at radius 2 is 1.65 bits per heavy atom. The summed E-state index contributed by atoms with van der Waals surface area (Å²) in [5, 5.41) is 58.3. The molecule has 0 aliphatic carbocycles. The van der Waals surface area contributed by atoms with Crippen molar-refractivity contribution in [2.45, 2.75) is 18.9 Å². The maximum atomic E-state index is 12.0. The van der Waals surface area contributed by atoms with Gasteiger partial charge < -0.3 is 40.2 Å². The second-order valence-electron chi connectivity index (χ2n) is 6.18. The van der Waals surface area contributed by atoms with Crippen molar-refractivity contribution in [2.24, 2.45) is 0 Å². The topological polar surface area (TPSA) is 185 Å². The molecule has 0 bridgehead atoms. The van der Waals surface area contributed by atoms with Gasteiger partial charge in [-0.2, -0.15) is 0 Å². The molecule has 31 heavy (non-hydrogen) atoms. The number of carboxylic acids is 2. The second-order valence-corrected chi connectivity index (χ2v) is 6.18. The van der Waals surface area contributed by atoms with Crippen LogP contribution in [0.3, 0.4) is 0 Å². The number of hydrogen-bond acceptors (Lipinski definition) is 9. The number of ether oxygens (including phenoxy) is 1. The van der Waals surface area contributed by atoms with E-state index in [1.165, 1.54) is 12.1 Å². The van der Waals surface area contributed by atoms with Gasteiger partial charge in [0.2, 0.25) is 0 Å². The number of rotatable bonds is 8. The zero-order chi connectivity index (χ0) is 22.4. The van der Waals surface area contributed by atoms with Crippen LogP contribution < -0.4 is 56.5 Å². The van der Waals surface area contributed by atoms with E-state index in [0.717, 1.165) is 30.4 Å². The van der Waals surface area contributed by atoms with Crippen LogP contribution in [0.15, 0.2) is 36.4 Å². The fraction of sp³-hybridized carbons (Fsp3) is 0.150. The Bertz CT molecular complexity index is 1020. The minimum Gasteiger partial charge on any atom is -0.546 e. The molecular weight excluding hydrogens is 439 g/mol. The number of esters is 1. The van der Waals surface area contributed by atoms with E-state index in [0.29, 0.717) is 0 Å². The zero-order valence-corrected chi connectivity index (χ0v) is 19.4. The Kier molecular flexibility index (Phi) is 10.0. The predicted octanol–water partition coefficient (Wildman–Crippen LogP) is -2.94. The Morgan fingerprint density at radius 1 is 1.00 bits per heavy atom. The van der Waals surface area contributed by atoms with Crippen LogP contribution in [0.5, 0.6) is 23.0 Å². The number of carboxylic acid groups (broad SMARTS) is 2. The van der Waals surface area contributed by atoms with Gasteiger partial charge in [-0.15, -0.1) is 0 Å². The molecule has 0 heterocycles. The van der Waals surface area contributed by atoms with Crippen LogP contribution in [0.4, 0.5) is 0 Å². The maximum absolute atomic E-state index is 12.0. The molecule has 0 saturated heterocycles. The summed E-state index contributed by atoms with van der Waals surface area (Å²) in [4.78, 5) is 34.2. The van der Waals surface area contributed by atoms with Crippen molar-refractivity contribution in [1.29, 1.82) is 0 Å². The first-order valence-electron chi connectivity index (χ1n) is 8.44. The number of aliphatic carboxylic acids is 2. The third-order valence-electron chi connectivity index (χ3n) is 4.01. The van der Waals surface area contributed by atoms with Gasteiger partial charge >= 0.3 is 63.3 Å². The smallest absolute Gasteiger partial charge is 0.546 e. The molecule has 2 aromatic carbocycles. The monoisotopic (exact) mass is 456 g/mol. The number of phenols is 4. The Hall–Kier alpha value is -2.57. The molecule has 0 aromatic heterocycles. The number of benzene rings is 2. The molecule has 10 nitrogen and oxygen atoms in total. The Labute approximate surface area is 218 Å². The van der Waals surface area contributed by atoms with Crippen molar-refractivity contribution in [3.05, 3.63) is 53.1 Å². The number of carbonyl (C=O) groups is 3. The van der Waals surface area contributed by atoms with Crippen LogP contribution in [0.25, 0.3) is 6.08 Å².